The van der Waals surface area contributed by atoms with Gasteiger partial charge in [-0.25, -0.2) is 0 Å². The summed E-state index contributed by atoms with van der Waals surface area (Å²) in [5, 5.41) is 18.9. The summed E-state index contributed by atoms with van der Waals surface area (Å²) in [7, 11) is 0. The largest absolute Gasteiger partial charge is 0.481 e. The average molecular weight is 341 g/mol. The normalized spacial score (nSPS) is 13.5. The Balaban J connectivity index is 3.76. The zero-order chi connectivity index (χ0) is 18.3. The van der Waals surface area contributed by atoms with Crippen molar-refractivity contribution in [2.75, 3.05) is 0 Å². The van der Waals surface area contributed by atoms with Crippen molar-refractivity contribution in [2.45, 2.75) is 110 Å². The van der Waals surface area contributed by atoms with Crippen molar-refractivity contribution in [3.8, 4) is 0 Å². The van der Waals surface area contributed by atoms with E-state index < -0.39 is 11.6 Å². The fourth-order valence-corrected chi connectivity index (χ4v) is 3.02. The van der Waals surface area contributed by atoms with Crippen LogP contribution in [-0.2, 0) is 4.79 Å². The number of hydrogen-bond acceptors (Lipinski definition) is 2. The minimum absolute atomic E-state index is 0.302. The number of carboxylic acids is 1. The smallest absolute Gasteiger partial charge is 0.303 e. The molecular formula is C21H40O3. The molecule has 1 unspecified atom stereocenters. The summed E-state index contributed by atoms with van der Waals surface area (Å²) in [5.41, 5.74) is -0.597. The van der Waals surface area contributed by atoms with Crippen LogP contribution in [0.15, 0.2) is 12.2 Å². The SMILES string of the molecule is CCCCCCC(C/C=C\CCCCCCCC(=O)O)C(C)(C)O. The van der Waals surface area contributed by atoms with Crippen LogP contribution in [0.3, 0.4) is 0 Å². The lowest BCUT2D eigenvalue weighted by atomic mass is 9.83. The van der Waals surface area contributed by atoms with Crippen LogP contribution in [0.1, 0.15) is 104 Å². The number of allylic oxidation sites excluding steroid dienone is 2. The fraction of sp³-hybridized carbons (Fsp3) is 0.857. The van der Waals surface area contributed by atoms with Crippen LogP contribution in [0.5, 0.6) is 0 Å². The van der Waals surface area contributed by atoms with Gasteiger partial charge in [-0.15, -0.1) is 0 Å². The Morgan fingerprint density at radius 3 is 2.21 bits per heavy atom. The molecule has 0 aliphatic heterocycles. The molecule has 142 valence electrons. The van der Waals surface area contributed by atoms with Crippen LogP contribution in [0.4, 0.5) is 0 Å². The first-order valence-electron chi connectivity index (χ1n) is 9.97. The number of carbonyl (C=O) groups is 1. The maximum absolute atomic E-state index is 10.4. The predicted octanol–water partition coefficient (Wildman–Crippen LogP) is 6.11. The molecule has 0 aliphatic rings. The van der Waals surface area contributed by atoms with Crippen molar-refractivity contribution in [3.05, 3.63) is 12.2 Å². The summed E-state index contributed by atoms with van der Waals surface area (Å²) >= 11 is 0. The highest BCUT2D eigenvalue weighted by Crippen LogP contribution is 2.26. The van der Waals surface area contributed by atoms with Crippen LogP contribution in [0.25, 0.3) is 0 Å². The highest BCUT2D eigenvalue weighted by atomic mass is 16.4. The third-order valence-corrected chi connectivity index (χ3v) is 4.75. The average Bonchev–Trinajstić information content (AvgIpc) is 2.49. The van der Waals surface area contributed by atoms with Crippen LogP contribution in [0.2, 0.25) is 0 Å². The van der Waals surface area contributed by atoms with Crippen molar-refractivity contribution >= 4 is 5.97 Å². The van der Waals surface area contributed by atoms with Gasteiger partial charge in [-0.3, -0.25) is 4.79 Å². The Kier molecular flexibility index (Phi) is 14.0. The molecule has 24 heavy (non-hydrogen) atoms. The highest BCUT2D eigenvalue weighted by Gasteiger charge is 2.24. The molecule has 0 fully saturated rings. The van der Waals surface area contributed by atoms with E-state index in [0.717, 1.165) is 38.5 Å². The predicted molar refractivity (Wildman–Crippen MR) is 102 cm³/mol. The molecule has 0 aromatic carbocycles. The van der Waals surface area contributed by atoms with Crippen LogP contribution in [-0.4, -0.2) is 21.8 Å². The molecule has 0 radical (unpaired) electrons. The van der Waals surface area contributed by atoms with Crippen LogP contribution < -0.4 is 0 Å². The molecule has 0 aliphatic carbocycles. The quantitative estimate of drug-likeness (QED) is 0.263. The van der Waals surface area contributed by atoms with Gasteiger partial charge in [0, 0.05) is 6.42 Å². The van der Waals surface area contributed by atoms with Gasteiger partial charge >= 0.3 is 5.97 Å². The van der Waals surface area contributed by atoms with E-state index >= 15 is 0 Å². The van der Waals surface area contributed by atoms with Crippen molar-refractivity contribution in [1.29, 1.82) is 0 Å². The molecule has 0 rings (SSSR count). The maximum Gasteiger partial charge on any atom is 0.303 e. The zero-order valence-electron chi connectivity index (χ0n) is 16.2. The molecule has 0 bridgehead atoms. The van der Waals surface area contributed by atoms with Gasteiger partial charge in [-0.1, -0.05) is 64.0 Å². The molecule has 0 heterocycles. The third-order valence-electron chi connectivity index (χ3n) is 4.75. The molecule has 0 spiro atoms. The Hall–Kier alpha value is -0.830. The van der Waals surface area contributed by atoms with E-state index in [1.165, 1.54) is 38.5 Å². The maximum atomic E-state index is 10.4. The molecule has 3 heteroatoms. The number of unbranched alkanes of at least 4 members (excludes halogenated alkanes) is 8. The minimum atomic E-state index is -0.686. The number of aliphatic hydroxyl groups is 1. The first-order valence-corrected chi connectivity index (χ1v) is 9.97. The van der Waals surface area contributed by atoms with Crippen molar-refractivity contribution in [3.63, 3.8) is 0 Å². The van der Waals surface area contributed by atoms with E-state index in [-0.39, 0.29) is 0 Å². The molecule has 0 aromatic rings. The van der Waals surface area contributed by atoms with E-state index in [9.17, 15) is 9.90 Å². The molecule has 3 nitrogen and oxygen atoms in total. The van der Waals surface area contributed by atoms with Gasteiger partial charge in [0.1, 0.15) is 0 Å². The minimum Gasteiger partial charge on any atom is -0.481 e. The molecule has 0 saturated carbocycles. The Labute approximate surface area is 149 Å². The van der Waals surface area contributed by atoms with Gasteiger partial charge in [0.25, 0.3) is 0 Å². The molecular weight excluding hydrogens is 300 g/mol. The molecule has 1 atom stereocenters. The zero-order valence-corrected chi connectivity index (χ0v) is 16.2. The van der Waals surface area contributed by atoms with Crippen molar-refractivity contribution < 1.29 is 15.0 Å². The number of rotatable bonds is 16. The lowest BCUT2D eigenvalue weighted by molar-refractivity contribution is -0.137. The molecule has 0 saturated heterocycles. The summed E-state index contributed by atoms with van der Waals surface area (Å²) in [5.74, 6) is -0.337. The summed E-state index contributed by atoms with van der Waals surface area (Å²) in [6.45, 7) is 6.09. The number of carboxylic acid groups (broad SMARTS) is 1. The van der Waals surface area contributed by atoms with E-state index in [1.54, 1.807) is 0 Å². The van der Waals surface area contributed by atoms with Crippen molar-refractivity contribution in [1.82, 2.24) is 0 Å². The molecule has 0 amide bonds. The lowest BCUT2D eigenvalue weighted by Crippen LogP contribution is -2.30. The fourth-order valence-electron chi connectivity index (χ4n) is 3.02. The first kappa shape index (κ1) is 23.2. The van der Waals surface area contributed by atoms with Gasteiger partial charge in [-0.2, -0.15) is 0 Å². The van der Waals surface area contributed by atoms with Crippen molar-refractivity contribution in [2.24, 2.45) is 5.92 Å². The van der Waals surface area contributed by atoms with Crippen LogP contribution in [0, 0.1) is 5.92 Å². The Bertz CT molecular complexity index is 328. The second-order valence-electron chi connectivity index (χ2n) is 7.61. The summed E-state index contributed by atoms with van der Waals surface area (Å²) < 4.78 is 0. The van der Waals surface area contributed by atoms with Gasteiger partial charge in [0.2, 0.25) is 0 Å². The van der Waals surface area contributed by atoms with Gasteiger partial charge in [0.15, 0.2) is 0 Å². The van der Waals surface area contributed by atoms with Gasteiger partial charge in [0.05, 0.1) is 5.60 Å². The van der Waals surface area contributed by atoms with Gasteiger partial charge in [-0.05, 0) is 51.9 Å². The Morgan fingerprint density at radius 1 is 0.958 bits per heavy atom. The summed E-state index contributed by atoms with van der Waals surface area (Å²) in [4.78, 5) is 10.4. The molecule has 0 aromatic heterocycles. The first-order chi connectivity index (χ1) is 11.4. The monoisotopic (exact) mass is 340 g/mol. The summed E-state index contributed by atoms with van der Waals surface area (Å²) in [6, 6.07) is 0. The Morgan fingerprint density at radius 2 is 1.58 bits per heavy atom. The van der Waals surface area contributed by atoms with Crippen LogP contribution >= 0.6 is 0 Å². The second-order valence-corrected chi connectivity index (χ2v) is 7.61. The van der Waals surface area contributed by atoms with Gasteiger partial charge < -0.3 is 10.2 Å². The third kappa shape index (κ3) is 14.7. The lowest BCUT2D eigenvalue weighted by Gasteiger charge is -2.28. The standard InChI is InChI=1S/C21H40O3/c1-4-5-6-13-16-19(21(2,3)24)17-14-11-9-7-8-10-12-15-18-20(22)23/h11,14,19,24H,4-10,12-13,15-18H2,1-3H3,(H,22,23)/b14-11-. The van der Waals surface area contributed by atoms with E-state index in [0.29, 0.717) is 12.3 Å². The topological polar surface area (TPSA) is 57.5 Å². The number of hydrogen-bond donors (Lipinski definition) is 2. The van der Waals surface area contributed by atoms with E-state index in [2.05, 4.69) is 19.1 Å². The molecule has 2 N–H and O–H groups in total. The highest BCUT2D eigenvalue weighted by molar-refractivity contribution is 5.66. The van der Waals surface area contributed by atoms with E-state index in [1.807, 2.05) is 13.8 Å². The van der Waals surface area contributed by atoms with E-state index in [4.69, 9.17) is 5.11 Å². The summed E-state index contributed by atoms with van der Waals surface area (Å²) in [6.07, 6.45) is 18.3. The number of aliphatic carboxylic acids is 1. The second kappa shape index (κ2) is 14.5.